The molecule has 1 aromatic carbocycles. The molecular weight excluding hydrogens is 356 g/mol. The summed E-state index contributed by atoms with van der Waals surface area (Å²) in [6.45, 7) is 4.31. The molecule has 0 saturated heterocycles. The number of fused-ring (bicyclic) bond motifs is 1. The number of aryl methyl sites for hydroxylation is 1. The molecule has 4 nitrogen and oxygen atoms in total. The number of rotatable bonds is 6. The number of thiazole rings is 1. The van der Waals surface area contributed by atoms with E-state index in [1.54, 1.807) is 23.6 Å². The lowest BCUT2D eigenvalue weighted by atomic mass is 10.2. The summed E-state index contributed by atoms with van der Waals surface area (Å²) in [6, 6.07) is 9.76. The van der Waals surface area contributed by atoms with Crippen LogP contribution in [0.1, 0.15) is 36.5 Å². The number of hydrogen-bond acceptors (Lipinski definition) is 5. The van der Waals surface area contributed by atoms with E-state index in [1.807, 2.05) is 43.3 Å². The lowest BCUT2D eigenvalue weighted by Gasteiger charge is -2.09. The smallest absolute Gasteiger partial charge is 0.121 e. The summed E-state index contributed by atoms with van der Waals surface area (Å²) in [4.78, 5) is 8.92. The first kappa shape index (κ1) is 19.1. The van der Waals surface area contributed by atoms with Crippen molar-refractivity contribution in [2.75, 3.05) is 6.61 Å². The Morgan fingerprint density at radius 3 is 2.89 bits per heavy atom. The van der Waals surface area contributed by atoms with Crippen molar-refractivity contribution in [1.82, 2.24) is 9.97 Å². The molecule has 3 aromatic rings. The van der Waals surface area contributed by atoms with E-state index >= 15 is 0 Å². The molecule has 1 N–H and O–H groups in total. The summed E-state index contributed by atoms with van der Waals surface area (Å²) in [6.07, 6.45) is 6.68. The van der Waals surface area contributed by atoms with Crippen LogP contribution in [0.3, 0.4) is 0 Å². The molecule has 0 amide bonds. The highest BCUT2D eigenvalue weighted by Gasteiger charge is 2.05. The van der Waals surface area contributed by atoms with Gasteiger partial charge in [-0.2, -0.15) is 0 Å². The Balaban J connectivity index is 1.66. The zero-order valence-electron chi connectivity index (χ0n) is 15.5. The third-order valence-electron chi connectivity index (χ3n) is 4.00. The molecular formula is C22H22N2O2S. The first-order chi connectivity index (χ1) is 13.2. The van der Waals surface area contributed by atoms with Crippen molar-refractivity contribution in [2.24, 2.45) is 0 Å². The highest BCUT2D eigenvalue weighted by molar-refractivity contribution is 7.19. The maximum atomic E-state index is 9.60. The Labute approximate surface area is 163 Å². The number of nitrogens with zero attached hydrogens (tertiary/aromatic N) is 2. The molecule has 1 unspecified atom stereocenters. The zero-order chi connectivity index (χ0) is 19.1. The van der Waals surface area contributed by atoms with Crippen LogP contribution in [-0.2, 0) is 6.42 Å². The maximum Gasteiger partial charge on any atom is 0.121 e. The van der Waals surface area contributed by atoms with Crippen LogP contribution < -0.4 is 4.74 Å². The van der Waals surface area contributed by atoms with E-state index in [0.717, 1.165) is 38.7 Å². The second-order valence-electron chi connectivity index (χ2n) is 6.05. The second kappa shape index (κ2) is 9.31. The Morgan fingerprint density at radius 1 is 1.26 bits per heavy atom. The topological polar surface area (TPSA) is 55.2 Å². The Bertz CT molecular complexity index is 981. The summed E-state index contributed by atoms with van der Waals surface area (Å²) in [5.74, 6) is 6.85. The number of aliphatic hydroxyl groups excluding tert-OH is 1. The molecule has 1 atom stereocenters. The summed E-state index contributed by atoms with van der Waals surface area (Å²) in [5.41, 5.74) is 2.89. The molecule has 0 spiro atoms. The van der Waals surface area contributed by atoms with Gasteiger partial charge in [0.05, 0.1) is 16.3 Å². The molecule has 2 aromatic heterocycles. The van der Waals surface area contributed by atoms with E-state index in [9.17, 15) is 5.11 Å². The molecule has 0 radical (unpaired) electrons. The van der Waals surface area contributed by atoms with E-state index in [2.05, 4.69) is 28.7 Å². The highest BCUT2D eigenvalue weighted by Crippen LogP contribution is 2.27. The zero-order valence-corrected chi connectivity index (χ0v) is 16.3. The van der Waals surface area contributed by atoms with Gasteiger partial charge in [-0.15, -0.1) is 11.3 Å². The van der Waals surface area contributed by atoms with Crippen molar-refractivity contribution < 1.29 is 9.84 Å². The highest BCUT2D eigenvalue weighted by atomic mass is 32.1. The van der Waals surface area contributed by atoms with Crippen LogP contribution in [0.15, 0.2) is 42.6 Å². The van der Waals surface area contributed by atoms with Gasteiger partial charge in [-0.1, -0.05) is 25.7 Å². The molecule has 27 heavy (non-hydrogen) atoms. The number of aromatic nitrogens is 2. The van der Waals surface area contributed by atoms with Gasteiger partial charge in [0.15, 0.2) is 0 Å². The van der Waals surface area contributed by atoms with Crippen molar-refractivity contribution in [1.29, 1.82) is 0 Å². The fraction of sp³-hybridized carbons (Fsp3) is 0.273. The summed E-state index contributed by atoms with van der Waals surface area (Å²) in [7, 11) is 0. The monoisotopic (exact) mass is 378 g/mol. The maximum absolute atomic E-state index is 9.60. The van der Waals surface area contributed by atoms with Gasteiger partial charge >= 0.3 is 0 Å². The third-order valence-corrected chi connectivity index (χ3v) is 4.99. The van der Waals surface area contributed by atoms with Gasteiger partial charge in [0, 0.05) is 17.5 Å². The molecule has 0 saturated carbocycles. The number of aliphatic hydroxyl groups is 1. The molecule has 0 aliphatic carbocycles. The lowest BCUT2D eigenvalue weighted by molar-refractivity contribution is 0.104. The molecule has 0 aliphatic rings. The van der Waals surface area contributed by atoms with Gasteiger partial charge in [-0.05, 0) is 55.3 Å². The predicted molar refractivity (Wildman–Crippen MR) is 111 cm³/mol. The van der Waals surface area contributed by atoms with Crippen molar-refractivity contribution in [2.45, 2.75) is 32.8 Å². The van der Waals surface area contributed by atoms with Crippen LogP contribution in [0.25, 0.3) is 16.3 Å². The molecule has 0 fully saturated rings. The average molecular weight is 378 g/mol. The standard InChI is InChI=1S/C22H22N2O2S/c1-3-17-10-9-16(14-23-17)7-5-6-8-22-24-20-12-11-19(13-21(20)27-22)26-15-18(25)4-2/h6,8-14,18,25H,3-4,15H2,1-2H3/b8-6+. The second-order valence-corrected chi connectivity index (χ2v) is 7.11. The van der Waals surface area contributed by atoms with Crippen LogP contribution in [0.4, 0.5) is 0 Å². The fourth-order valence-corrected chi connectivity index (χ4v) is 3.24. The molecule has 138 valence electrons. The van der Waals surface area contributed by atoms with E-state index < -0.39 is 6.10 Å². The van der Waals surface area contributed by atoms with Crippen LogP contribution in [0.2, 0.25) is 0 Å². The van der Waals surface area contributed by atoms with Crippen LogP contribution in [0, 0.1) is 11.8 Å². The molecule has 0 bridgehead atoms. The minimum Gasteiger partial charge on any atom is -0.491 e. The molecule has 2 heterocycles. The lowest BCUT2D eigenvalue weighted by Crippen LogP contribution is -2.15. The summed E-state index contributed by atoms with van der Waals surface area (Å²) >= 11 is 1.58. The van der Waals surface area contributed by atoms with Crippen molar-refractivity contribution >= 4 is 27.6 Å². The van der Waals surface area contributed by atoms with Gasteiger partial charge in [-0.3, -0.25) is 4.98 Å². The minimum atomic E-state index is -0.437. The van der Waals surface area contributed by atoms with Gasteiger partial charge in [-0.25, -0.2) is 4.98 Å². The molecule has 3 rings (SSSR count). The van der Waals surface area contributed by atoms with Crippen LogP contribution in [-0.4, -0.2) is 27.8 Å². The minimum absolute atomic E-state index is 0.303. The van der Waals surface area contributed by atoms with Gasteiger partial charge in [0.1, 0.15) is 17.4 Å². The predicted octanol–water partition coefficient (Wildman–Crippen LogP) is 4.47. The summed E-state index contributed by atoms with van der Waals surface area (Å²) in [5, 5.41) is 10.5. The Kier molecular flexibility index (Phi) is 6.59. The van der Waals surface area contributed by atoms with Crippen molar-refractivity contribution in [3.8, 4) is 17.6 Å². The molecule has 0 aliphatic heterocycles. The van der Waals surface area contributed by atoms with E-state index in [1.165, 1.54) is 0 Å². The number of hydrogen-bond donors (Lipinski definition) is 1. The number of pyridine rings is 1. The normalized spacial score (nSPS) is 12.1. The number of ether oxygens (including phenoxy) is 1. The Hall–Kier alpha value is -2.68. The van der Waals surface area contributed by atoms with Crippen LogP contribution in [0.5, 0.6) is 5.75 Å². The first-order valence-corrected chi connectivity index (χ1v) is 9.84. The number of benzene rings is 1. The van der Waals surface area contributed by atoms with Crippen molar-refractivity contribution in [3.63, 3.8) is 0 Å². The quantitative estimate of drug-likeness (QED) is 0.643. The first-order valence-electron chi connectivity index (χ1n) is 9.02. The number of allylic oxidation sites excluding steroid dienone is 1. The van der Waals surface area contributed by atoms with Crippen LogP contribution >= 0.6 is 11.3 Å². The van der Waals surface area contributed by atoms with Gasteiger partial charge in [0.25, 0.3) is 0 Å². The summed E-state index contributed by atoms with van der Waals surface area (Å²) < 4.78 is 6.67. The fourth-order valence-electron chi connectivity index (χ4n) is 2.34. The van der Waals surface area contributed by atoms with E-state index in [0.29, 0.717) is 13.0 Å². The molecule has 5 heteroatoms. The average Bonchev–Trinajstić information content (AvgIpc) is 3.11. The van der Waals surface area contributed by atoms with Gasteiger partial charge < -0.3 is 9.84 Å². The van der Waals surface area contributed by atoms with Gasteiger partial charge in [0.2, 0.25) is 0 Å². The van der Waals surface area contributed by atoms with E-state index in [4.69, 9.17) is 4.74 Å². The third kappa shape index (κ3) is 5.40. The van der Waals surface area contributed by atoms with E-state index in [-0.39, 0.29) is 0 Å². The van der Waals surface area contributed by atoms with Crippen molar-refractivity contribution in [3.05, 3.63) is 58.9 Å². The SMILES string of the molecule is CCc1ccc(C#C/C=C/c2nc3ccc(OCC(O)CC)cc3s2)cn1. The Morgan fingerprint density at radius 2 is 2.15 bits per heavy atom. The largest absolute Gasteiger partial charge is 0.491 e.